The number of nitrogens with zero attached hydrogens (tertiary/aromatic N) is 3. The van der Waals surface area contributed by atoms with Crippen molar-refractivity contribution < 1.29 is 4.79 Å². The van der Waals surface area contributed by atoms with Crippen LogP contribution in [0.25, 0.3) is 0 Å². The molecule has 4 nitrogen and oxygen atoms in total. The van der Waals surface area contributed by atoms with Gasteiger partial charge in [-0.25, -0.2) is 0 Å². The maximum atomic E-state index is 12.5. The van der Waals surface area contributed by atoms with Crippen molar-refractivity contribution >= 4 is 5.91 Å². The number of hydrogen-bond donors (Lipinski definition) is 0. The number of aromatic nitrogens is 2. The summed E-state index contributed by atoms with van der Waals surface area (Å²) in [5, 5.41) is 0. The molecule has 3 heterocycles. The number of carbonyl (C=O) groups is 1. The fraction of sp³-hybridized carbons (Fsp3) is 0.421. The maximum Gasteiger partial charge on any atom is 0.227 e. The third-order valence-electron chi connectivity index (χ3n) is 4.45. The van der Waals surface area contributed by atoms with Crippen LogP contribution in [0.15, 0.2) is 42.9 Å². The van der Waals surface area contributed by atoms with E-state index in [2.05, 4.69) is 22.1 Å². The topological polar surface area (TPSA) is 46.1 Å². The summed E-state index contributed by atoms with van der Waals surface area (Å²) >= 11 is 0. The molecule has 120 valence electrons. The second kappa shape index (κ2) is 7.36. The number of amides is 1. The van der Waals surface area contributed by atoms with Crippen LogP contribution in [-0.4, -0.2) is 33.9 Å². The smallest absolute Gasteiger partial charge is 0.227 e. The zero-order valence-corrected chi connectivity index (χ0v) is 13.6. The number of aryl methyl sites for hydroxylation is 1. The first-order chi connectivity index (χ1) is 11.2. The summed E-state index contributed by atoms with van der Waals surface area (Å²) in [6.07, 6.45) is 9.20. The Hall–Kier alpha value is -2.23. The first kappa shape index (κ1) is 15.7. The zero-order chi connectivity index (χ0) is 16.1. The Labute approximate surface area is 137 Å². The molecule has 1 atom stereocenters. The minimum absolute atomic E-state index is 0.213. The lowest BCUT2D eigenvalue weighted by Crippen LogP contribution is -2.41. The van der Waals surface area contributed by atoms with Gasteiger partial charge in [0.1, 0.15) is 0 Å². The van der Waals surface area contributed by atoms with E-state index in [1.807, 2.05) is 30.2 Å². The second-order valence-corrected chi connectivity index (χ2v) is 6.40. The third-order valence-corrected chi connectivity index (χ3v) is 4.45. The van der Waals surface area contributed by atoms with E-state index >= 15 is 0 Å². The molecule has 4 heteroatoms. The molecule has 0 saturated carbocycles. The number of rotatable bonds is 4. The van der Waals surface area contributed by atoms with Gasteiger partial charge in [0, 0.05) is 37.4 Å². The van der Waals surface area contributed by atoms with Gasteiger partial charge in [0.15, 0.2) is 0 Å². The van der Waals surface area contributed by atoms with E-state index in [1.54, 1.807) is 12.4 Å². The number of carbonyl (C=O) groups excluding carboxylic acids is 1. The van der Waals surface area contributed by atoms with Crippen LogP contribution in [0, 0.1) is 12.8 Å². The Morgan fingerprint density at radius 3 is 2.91 bits per heavy atom. The van der Waals surface area contributed by atoms with E-state index in [-0.39, 0.29) is 5.91 Å². The minimum atomic E-state index is 0.213. The highest BCUT2D eigenvalue weighted by Crippen LogP contribution is 2.21. The first-order valence-electron chi connectivity index (χ1n) is 8.29. The zero-order valence-electron chi connectivity index (χ0n) is 13.6. The standard InChI is InChI=1S/C19H23N3O/c1-15-6-7-17(13-21-15)10-18-5-3-9-22(14-18)19(23)11-16-4-2-8-20-12-16/h2,4,6-8,12-13,18H,3,5,9-11,14H2,1H3/t18-/m1/s1. The summed E-state index contributed by atoms with van der Waals surface area (Å²) in [5.41, 5.74) is 3.30. The van der Waals surface area contributed by atoms with Gasteiger partial charge in [0.25, 0.3) is 0 Å². The monoisotopic (exact) mass is 309 g/mol. The van der Waals surface area contributed by atoms with E-state index in [0.717, 1.165) is 37.2 Å². The average Bonchev–Trinajstić information content (AvgIpc) is 2.58. The van der Waals surface area contributed by atoms with Crippen molar-refractivity contribution in [1.29, 1.82) is 0 Å². The van der Waals surface area contributed by atoms with Crippen LogP contribution in [0.1, 0.15) is 29.7 Å². The molecule has 23 heavy (non-hydrogen) atoms. The quantitative estimate of drug-likeness (QED) is 0.872. The lowest BCUT2D eigenvalue weighted by molar-refractivity contribution is -0.132. The molecule has 2 aromatic rings. The second-order valence-electron chi connectivity index (χ2n) is 6.40. The van der Waals surface area contributed by atoms with Crippen LogP contribution in [0.5, 0.6) is 0 Å². The van der Waals surface area contributed by atoms with E-state index < -0.39 is 0 Å². The van der Waals surface area contributed by atoms with E-state index in [4.69, 9.17) is 0 Å². The lowest BCUT2D eigenvalue weighted by Gasteiger charge is -2.33. The number of piperidine rings is 1. The highest BCUT2D eigenvalue weighted by atomic mass is 16.2. The van der Waals surface area contributed by atoms with E-state index in [0.29, 0.717) is 12.3 Å². The van der Waals surface area contributed by atoms with Gasteiger partial charge in [-0.1, -0.05) is 12.1 Å². The van der Waals surface area contributed by atoms with Gasteiger partial charge in [-0.3, -0.25) is 14.8 Å². The molecule has 1 saturated heterocycles. The lowest BCUT2D eigenvalue weighted by atomic mass is 9.91. The molecule has 2 aromatic heterocycles. The minimum Gasteiger partial charge on any atom is -0.342 e. The van der Waals surface area contributed by atoms with Gasteiger partial charge in [0.05, 0.1) is 6.42 Å². The third kappa shape index (κ3) is 4.38. The van der Waals surface area contributed by atoms with Gasteiger partial charge in [-0.05, 0) is 55.4 Å². The summed E-state index contributed by atoms with van der Waals surface area (Å²) in [7, 11) is 0. The highest BCUT2D eigenvalue weighted by molar-refractivity contribution is 5.78. The van der Waals surface area contributed by atoms with Gasteiger partial charge in [0.2, 0.25) is 5.91 Å². The SMILES string of the molecule is Cc1ccc(C[C@H]2CCCN(C(=O)Cc3cccnc3)C2)cn1. The summed E-state index contributed by atoms with van der Waals surface area (Å²) < 4.78 is 0. The summed E-state index contributed by atoms with van der Waals surface area (Å²) in [6.45, 7) is 3.73. The Morgan fingerprint density at radius 2 is 2.17 bits per heavy atom. The molecule has 0 radical (unpaired) electrons. The van der Waals surface area contributed by atoms with Gasteiger partial charge in [-0.15, -0.1) is 0 Å². The van der Waals surface area contributed by atoms with Crippen molar-refractivity contribution in [3.63, 3.8) is 0 Å². The van der Waals surface area contributed by atoms with Crippen molar-refractivity contribution in [2.75, 3.05) is 13.1 Å². The fourth-order valence-corrected chi connectivity index (χ4v) is 3.20. The molecular formula is C19H23N3O. The first-order valence-corrected chi connectivity index (χ1v) is 8.29. The van der Waals surface area contributed by atoms with Gasteiger partial charge >= 0.3 is 0 Å². The molecule has 1 amide bonds. The molecule has 1 aliphatic heterocycles. The van der Waals surface area contributed by atoms with Crippen LogP contribution in [-0.2, 0) is 17.6 Å². The van der Waals surface area contributed by atoms with Crippen LogP contribution in [0.4, 0.5) is 0 Å². The molecule has 3 rings (SSSR count). The number of hydrogen-bond acceptors (Lipinski definition) is 3. The number of pyridine rings is 2. The molecule has 0 N–H and O–H groups in total. The Kier molecular flexibility index (Phi) is 5.01. The van der Waals surface area contributed by atoms with Crippen LogP contribution >= 0.6 is 0 Å². The molecule has 1 fully saturated rings. The maximum absolute atomic E-state index is 12.5. The molecule has 0 aromatic carbocycles. The average molecular weight is 309 g/mol. The Morgan fingerprint density at radius 1 is 1.26 bits per heavy atom. The summed E-state index contributed by atoms with van der Waals surface area (Å²) in [4.78, 5) is 23.0. The molecule has 0 spiro atoms. The largest absolute Gasteiger partial charge is 0.342 e. The highest BCUT2D eigenvalue weighted by Gasteiger charge is 2.23. The summed E-state index contributed by atoms with van der Waals surface area (Å²) in [5.74, 6) is 0.746. The van der Waals surface area contributed by atoms with E-state index in [1.165, 1.54) is 12.0 Å². The molecular weight excluding hydrogens is 286 g/mol. The normalized spacial score (nSPS) is 18.0. The Balaban J connectivity index is 1.57. The van der Waals surface area contributed by atoms with Crippen molar-refractivity contribution in [2.45, 2.75) is 32.6 Å². The predicted molar refractivity (Wildman–Crippen MR) is 89.9 cm³/mol. The fourth-order valence-electron chi connectivity index (χ4n) is 3.20. The van der Waals surface area contributed by atoms with Crippen LogP contribution < -0.4 is 0 Å². The molecule has 0 unspecified atom stereocenters. The number of likely N-dealkylation sites (tertiary alicyclic amines) is 1. The molecule has 0 aliphatic carbocycles. The van der Waals surface area contributed by atoms with Crippen LogP contribution in [0.2, 0.25) is 0 Å². The van der Waals surface area contributed by atoms with Crippen molar-refractivity contribution in [2.24, 2.45) is 5.92 Å². The van der Waals surface area contributed by atoms with Crippen molar-refractivity contribution in [1.82, 2.24) is 14.9 Å². The molecule has 0 bridgehead atoms. The van der Waals surface area contributed by atoms with Crippen molar-refractivity contribution in [3.05, 3.63) is 59.7 Å². The van der Waals surface area contributed by atoms with Crippen molar-refractivity contribution in [3.8, 4) is 0 Å². The van der Waals surface area contributed by atoms with Gasteiger partial charge < -0.3 is 4.90 Å². The molecule has 1 aliphatic rings. The van der Waals surface area contributed by atoms with Gasteiger partial charge in [-0.2, -0.15) is 0 Å². The Bertz CT molecular complexity index is 639. The predicted octanol–water partition coefficient (Wildman–Crippen LogP) is 2.81. The van der Waals surface area contributed by atoms with E-state index in [9.17, 15) is 4.79 Å². The summed E-state index contributed by atoms with van der Waals surface area (Å²) in [6, 6.07) is 8.05. The van der Waals surface area contributed by atoms with Crippen LogP contribution in [0.3, 0.4) is 0 Å².